The van der Waals surface area contributed by atoms with E-state index >= 15 is 0 Å². The van der Waals surface area contributed by atoms with Crippen LogP contribution in [-0.4, -0.2) is 0 Å². The lowest BCUT2D eigenvalue weighted by Crippen LogP contribution is -2.25. The monoisotopic (exact) mass is 1170 g/mol. The summed E-state index contributed by atoms with van der Waals surface area (Å²) >= 11 is 0. The van der Waals surface area contributed by atoms with Crippen LogP contribution in [0.3, 0.4) is 0 Å². The van der Waals surface area contributed by atoms with Crippen LogP contribution in [0.2, 0.25) is 0 Å². The van der Waals surface area contributed by atoms with Gasteiger partial charge in [-0.15, -0.1) is 0 Å². The fourth-order valence-corrected chi connectivity index (χ4v) is 15.5. The molecular formula is C76H102F8. The minimum atomic E-state index is -0.747. The van der Waals surface area contributed by atoms with E-state index in [1.807, 2.05) is 18.2 Å². The van der Waals surface area contributed by atoms with Crippen molar-refractivity contribution in [2.45, 2.75) is 259 Å². The molecule has 0 radical (unpaired) electrons. The standard InChI is InChI=1S/C22H32F2.C22H26F2.2C16H22F2/c2*1-3-4-16-6-8-17(9-7-16)18-10-12-19(13-11-18)20-14-5-15(2)21(23)22(20)24;2*1-3-4-12-6-8-13(9-7-12)14-10-5-11(2)15(17)16(14)18/h5,14,16-19H,3-4,6-13H2,1-2H3;5,10-14,16-17H,3-4,6-9H2,1-2H3;2*5,10,12-13H,3-4,6-9H2,1-2H3. The summed E-state index contributed by atoms with van der Waals surface area (Å²) in [4.78, 5) is 0. The van der Waals surface area contributed by atoms with Crippen molar-refractivity contribution >= 4 is 0 Å². The number of benzene rings is 5. The van der Waals surface area contributed by atoms with Gasteiger partial charge in [0.2, 0.25) is 0 Å². The van der Waals surface area contributed by atoms with E-state index in [2.05, 4.69) is 39.8 Å². The van der Waals surface area contributed by atoms with E-state index in [0.29, 0.717) is 50.4 Å². The van der Waals surface area contributed by atoms with E-state index in [0.717, 1.165) is 105 Å². The molecule has 0 aromatic heterocycles. The Hall–Kier alpha value is -4.46. The molecular weight excluding hydrogens is 1060 g/mol. The normalized spacial score (nSPS) is 25.3. The lowest BCUT2D eigenvalue weighted by molar-refractivity contribution is 0.156. The molecule has 5 aromatic rings. The van der Waals surface area contributed by atoms with Crippen LogP contribution in [0, 0.1) is 110 Å². The second-order valence-corrected chi connectivity index (χ2v) is 26.7. The summed E-state index contributed by atoms with van der Waals surface area (Å²) in [6, 6.07) is 21.9. The van der Waals surface area contributed by atoms with Gasteiger partial charge in [0.05, 0.1) is 0 Å². The van der Waals surface area contributed by atoms with Crippen molar-refractivity contribution in [3.63, 3.8) is 0 Å². The molecule has 10 rings (SSSR count). The molecule has 0 unspecified atom stereocenters. The molecule has 0 saturated heterocycles. The maximum Gasteiger partial charge on any atom is 0.166 e. The first kappa shape index (κ1) is 67.1. The highest BCUT2D eigenvalue weighted by atomic mass is 19.2. The highest BCUT2D eigenvalue weighted by molar-refractivity contribution is 5.65. The fourth-order valence-electron chi connectivity index (χ4n) is 15.5. The molecule has 5 aliphatic rings. The molecule has 5 fully saturated rings. The molecule has 8 heteroatoms. The van der Waals surface area contributed by atoms with E-state index in [-0.39, 0.29) is 17.8 Å². The van der Waals surface area contributed by atoms with Gasteiger partial charge in [0.15, 0.2) is 46.5 Å². The average molecular weight is 1170 g/mol. The van der Waals surface area contributed by atoms with Gasteiger partial charge >= 0.3 is 0 Å². The maximum atomic E-state index is 14.2. The Morgan fingerprint density at radius 1 is 0.274 bits per heavy atom. The lowest BCUT2D eigenvalue weighted by Gasteiger charge is -2.38. The largest absolute Gasteiger partial charge is 0.203 e. The molecule has 0 heterocycles. The molecule has 0 spiro atoms. The van der Waals surface area contributed by atoms with Crippen molar-refractivity contribution in [3.8, 4) is 11.1 Å². The molecule has 5 aromatic carbocycles. The van der Waals surface area contributed by atoms with Crippen LogP contribution in [0.15, 0.2) is 72.8 Å². The zero-order chi connectivity index (χ0) is 60.5. The molecule has 84 heavy (non-hydrogen) atoms. The lowest BCUT2D eigenvalue weighted by atomic mass is 9.68. The number of aryl methyl sites for hydroxylation is 4. The zero-order valence-corrected chi connectivity index (χ0v) is 52.5. The number of hydrogen-bond donors (Lipinski definition) is 0. The molecule has 0 amide bonds. The second kappa shape index (κ2) is 33.0. The minimum absolute atomic E-state index is 0.216. The van der Waals surface area contributed by atoms with Gasteiger partial charge < -0.3 is 0 Å². The van der Waals surface area contributed by atoms with Crippen molar-refractivity contribution in [2.75, 3.05) is 0 Å². The SMILES string of the molecule is CCCC1CCC(C2CCC(c3ccc(C)c(F)c3F)CC2)CC1.CCCC1CCC(c2ccc(-c3ccc(C)c(F)c3F)cc2)CC1.CCCC1CCC(c2ccc(C)c(F)c2F)CC1.CCCC1CCC(c2ccc(C)c(F)c2F)CC1. The quantitative estimate of drug-likeness (QED) is 0.0972. The van der Waals surface area contributed by atoms with Gasteiger partial charge in [-0.1, -0.05) is 165 Å². The average Bonchev–Trinajstić information content (AvgIpc) is 3.72. The molecule has 5 aliphatic carbocycles. The van der Waals surface area contributed by atoms with Gasteiger partial charge in [-0.2, -0.15) is 0 Å². The van der Waals surface area contributed by atoms with E-state index < -0.39 is 46.5 Å². The Balaban J connectivity index is 0.000000162. The highest BCUT2D eigenvalue weighted by Crippen LogP contribution is 2.46. The summed E-state index contributed by atoms with van der Waals surface area (Å²) in [5.74, 6) is 1.13. The summed E-state index contributed by atoms with van der Waals surface area (Å²) < 4.78 is 111. The first-order chi connectivity index (χ1) is 40.5. The smallest absolute Gasteiger partial charge is 0.166 e. The Labute approximate surface area is 502 Å². The van der Waals surface area contributed by atoms with Gasteiger partial charge in [-0.05, 0) is 253 Å². The summed E-state index contributed by atoms with van der Waals surface area (Å²) in [6.07, 6.45) is 34.2. The van der Waals surface area contributed by atoms with Crippen molar-refractivity contribution in [3.05, 3.63) is 164 Å². The van der Waals surface area contributed by atoms with Gasteiger partial charge in [-0.3, -0.25) is 0 Å². The summed E-state index contributed by atoms with van der Waals surface area (Å²) in [7, 11) is 0. The van der Waals surface area contributed by atoms with Crippen molar-refractivity contribution < 1.29 is 35.1 Å². The topological polar surface area (TPSA) is 0 Å². The van der Waals surface area contributed by atoms with Crippen molar-refractivity contribution in [1.29, 1.82) is 0 Å². The predicted molar refractivity (Wildman–Crippen MR) is 334 cm³/mol. The van der Waals surface area contributed by atoms with Crippen molar-refractivity contribution in [2.24, 2.45) is 35.5 Å². The first-order valence-electron chi connectivity index (χ1n) is 33.3. The highest BCUT2D eigenvalue weighted by Gasteiger charge is 2.33. The van der Waals surface area contributed by atoms with Crippen LogP contribution in [0.5, 0.6) is 0 Å². The van der Waals surface area contributed by atoms with E-state index in [9.17, 15) is 35.1 Å². The van der Waals surface area contributed by atoms with Gasteiger partial charge in [0.1, 0.15) is 0 Å². The third-order valence-corrected chi connectivity index (χ3v) is 20.9. The van der Waals surface area contributed by atoms with E-state index in [1.165, 1.54) is 121 Å². The van der Waals surface area contributed by atoms with Crippen LogP contribution in [0.25, 0.3) is 11.1 Å². The van der Waals surface area contributed by atoms with Gasteiger partial charge in [0.25, 0.3) is 0 Å². The van der Waals surface area contributed by atoms with E-state index in [1.54, 1.807) is 70.2 Å². The predicted octanol–water partition coefficient (Wildman–Crippen LogP) is 24.9. The number of halogens is 8. The van der Waals surface area contributed by atoms with Crippen LogP contribution in [-0.2, 0) is 0 Å². The fraction of sp³-hybridized carbons (Fsp3) is 0.605. The Morgan fingerprint density at radius 3 is 0.857 bits per heavy atom. The second-order valence-electron chi connectivity index (χ2n) is 26.7. The molecule has 0 atom stereocenters. The molecule has 0 bridgehead atoms. The summed E-state index contributed by atoms with van der Waals surface area (Å²) in [5.41, 5.74) is 5.77. The molecule has 0 N–H and O–H groups in total. The summed E-state index contributed by atoms with van der Waals surface area (Å²) in [6.45, 7) is 15.4. The molecule has 5 saturated carbocycles. The third-order valence-electron chi connectivity index (χ3n) is 20.9. The zero-order valence-electron chi connectivity index (χ0n) is 52.5. The molecule has 462 valence electrons. The van der Waals surface area contributed by atoms with Crippen molar-refractivity contribution in [1.82, 2.24) is 0 Å². The third kappa shape index (κ3) is 17.8. The Morgan fingerprint density at radius 2 is 0.536 bits per heavy atom. The Kier molecular flexibility index (Phi) is 26.4. The summed E-state index contributed by atoms with van der Waals surface area (Å²) in [5, 5.41) is 0. The first-order valence-corrected chi connectivity index (χ1v) is 33.3. The van der Waals surface area contributed by atoms with Gasteiger partial charge in [-0.25, -0.2) is 35.1 Å². The number of rotatable bonds is 14. The molecule has 0 aliphatic heterocycles. The van der Waals surface area contributed by atoms with Crippen LogP contribution in [0.1, 0.15) is 276 Å². The maximum absolute atomic E-state index is 14.2. The van der Waals surface area contributed by atoms with Crippen LogP contribution < -0.4 is 0 Å². The number of hydrogen-bond acceptors (Lipinski definition) is 0. The van der Waals surface area contributed by atoms with E-state index in [4.69, 9.17) is 0 Å². The van der Waals surface area contributed by atoms with Crippen LogP contribution in [0.4, 0.5) is 35.1 Å². The van der Waals surface area contributed by atoms with Gasteiger partial charge in [0, 0.05) is 5.56 Å². The minimum Gasteiger partial charge on any atom is -0.203 e. The molecule has 0 nitrogen and oxygen atoms in total. The van der Waals surface area contributed by atoms with Crippen LogP contribution >= 0.6 is 0 Å². The Bertz CT molecular complexity index is 2700.